The molecule has 30 heavy (non-hydrogen) atoms. The molecule has 0 amide bonds. The molecule has 0 unspecified atom stereocenters. The van der Waals surface area contributed by atoms with Crippen LogP contribution in [0.15, 0.2) is 89.4 Å². The van der Waals surface area contributed by atoms with Gasteiger partial charge in [0.25, 0.3) is 0 Å². The van der Waals surface area contributed by atoms with Crippen molar-refractivity contribution < 1.29 is 17.9 Å². The molecule has 0 heterocycles. The highest BCUT2D eigenvalue weighted by Gasteiger charge is 2.15. The van der Waals surface area contributed by atoms with E-state index in [-0.39, 0.29) is 15.6 Å². The summed E-state index contributed by atoms with van der Waals surface area (Å²) in [6, 6.07) is 24.0. The fourth-order valence-electron chi connectivity index (χ4n) is 3.14. The minimum absolute atomic E-state index is 0.00538. The lowest BCUT2D eigenvalue weighted by molar-refractivity contribution is 0.306. The maximum atomic E-state index is 14.7. The van der Waals surface area contributed by atoms with Crippen molar-refractivity contribution in [2.75, 3.05) is 0 Å². The molecule has 4 aromatic carbocycles. The number of rotatable bonds is 5. The summed E-state index contributed by atoms with van der Waals surface area (Å²) in [5.41, 5.74) is 2.36. The van der Waals surface area contributed by atoms with E-state index in [2.05, 4.69) is 15.9 Å². The minimum Gasteiger partial charge on any atom is -0.489 e. The topological polar surface area (TPSA) is 9.23 Å². The molecular weight excluding hydrogens is 453 g/mol. The zero-order valence-electron chi connectivity index (χ0n) is 15.7. The molecule has 1 nitrogen and oxygen atoms in total. The van der Waals surface area contributed by atoms with Gasteiger partial charge in [0.05, 0.1) is 4.47 Å². The highest BCUT2D eigenvalue weighted by Crippen LogP contribution is 2.32. The highest BCUT2D eigenvalue weighted by atomic mass is 79.9. The number of hydrogen-bond acceptors (Lipinski definition) is 1. The van der Waals surface area contributed by atoms with Crippen LogP contribution in [-0.2, 0) is 6.61 Å². The van der Waals surface area contributed by atoms with Crippen LogP contribution in [0.5, 0.6) is 5.75 Å². The van der Waals surface area contributed by atoms with Crippen molar-refractivity contribution in [1.82, 2.24) is 0 Å². The first-order chi connectivity index (χ1) is 14.5. The molecule has 0 atom stereocenters. The van der Waals surface area contributed by atoms with Crippen LogP contribution >= 0.6 is 15.9 Å². The van der Waals surface area contributed by atoms with Gasteiger partial charge >= 0.3 is 0 Å². The third-order valence-corrected chi connectivity index (χ3v) is 5.34. The third kappa shape index (κ3) is 4.26. The van der Waals surface area contributed by atoms with E-state index >= 15 is 0 Å². The molecule has 4 rings (SSSR count). The van der Waals surface area contributed by atoms with Gasteiger partial charge in [0, 0.05) is 11.1 Å². The molecule has 0 aromatic heterocycles. The molecule has 0 spiro atoms. The van der Waals surface area contributed by atoms with E-state index in [0.29, 0.717) is 23.5 Å². The van der Waals surface area contributed by atoms with Gasteiger partial charge in [-0.2, -0.15) is 0 Å². The van der Waals surface area contributed by atoms with E-state index in [0.717, 1.165) is 5.56 Å². The summed E-state index contributed by atoms with van der Waals surface area (Å²) in [5.74, 6) is -1.86. The maximum Gasteiger partial charge on any atom is 0.173 e. The van der Waals surface area contributed by atoms with Crippen molar-refractivity contribution >= 4 is 15.9 Å². The molecule has 0 bridgehead atoms. The van der Waals surface area contributed by atoms with Crippen molar-refractivity contribution in [2.24, 2.45) is 0 Å². The van der Waals surface area contributed by atoms with E-state index in [1.165, 1.54) is 18.2 Å². The largest absolute Gasteiger partial charge is 0.489 e. The average Bonchev–Trinajstić information content (AvgIpc) is 2.77. The summed E-state index contributed by atoms with van der Waals surface area (Å²) in [4.78, 5) is 0. The second-order valence-electron chi connectivity index (χ2n) is 6.72. The molecular formula is C25H16BrF3O. The van der Waals surface area contributed by atoms with E-state index < -0.39 is 17.5 Å². The molecule has 0 saturated carbocycles. The van der Waals surface area contributed by atoms with Crippen molar-refractivity contribution in [2.45, 2.75) is 6.61 Å². The molecule has 0 aliphatic carbocycles. The summed E-state index contributed by atoms with van der Waals surface area (Å²) in [7, 11) is 0. The molecule has 0 radical (unpaired) electrons. The molecule has 4 aromatic rings. The van der Waals surface area contributed by atoms with Gasteiger partial charge < -0.3 is 4.74 Å². The van der Waals surface area contributed by atoms with Gasteiger partial charge in [-0.1, -0.05) is 60.7 Å². The first-order valence-electron chi connectivity index (χ1n) is 9.23. The van der Waals surface area contributed by atoms with Gasteiger partial charge in [-0.25, -0.2) is 13.2 Å². The Labute approximate surface area is 180 Å². The van der Waals surface area contributed by atoms with Crippen molar-refractivity contribution in [3.63, 3.8) is 0 Å². The van der Waals surface area contributed by atoms with E-state index in [9.17, 15) is 13.2 Å². The molecule has 0 aliphatic heterocycles. The molecule has 5 heteroatoms. The van der Waals surface area contributed by atoms with Gasteiger partial charge in [0.15, 0.2) is 11.6 Å². The monoisotopic (exact) mass is 468 g/mol. The summed E-state index contributed by atoms with van der Waals surface area (Å²) in [5, 5.41) is 0. The predicted octanol–water partition coefficient (Wildman–Crippen LogP) is 7.78. The van der Waals surface area contributed by atoms with Crippen molar-refractivity contribution in [3.8, 4) is 28.0 Å². The lowest BCUT2D eigenvalue weighted by atomic mass is 9.99. The standard InChI is InChI=1S/C25H16BrF3O/c26-22-13-12-21(24(28)25(22)29)18-8-11-20(23(27)14-18)17-6-9-19(10-7-17)30-15-16-4-2-1-3-5-16/h1-14H,15H2. The Morgan fingerprint density at radius 1 is 0.667 bits per heavy atom. The lowest BCUT2D eigenvalue weighted by Crippen LogP contribution is -1.95. The van der Waals surface area contributed by atoms with Crippen LogP contribution in [0, 0.1) is 17.5 Å². The average molecular weight is 469 g/mol. The second kappa shape index (κ2) is 8.76. The summed E-state index contributed by atoms with van der Waals surface area (Å²) >= 11 is 2.94. The van der Waals surface area contributed by atoms with Crippen molar-refractivity contribution in [3.05, 3.63) is 112 Å². The number of halogens is 4. The number of benzene rings is 4. The Hall–Kier alpha value is -3.05. The lowest BCUT2D eigenvalue weighted by Gasteiger charge is -2.10. The van der Waals surface area contributed by atoms with Gasteiger partial charge in [-0.3, -0.25) is 0 Å². The Morgan fingerprint density at radius 3 is 2.03 bits per heavy atom. The van der Waals surface area contributed by atoms with E-state index in [1.54, 1.807) is 36.4 Å². The molecule has 150 valence electrons. The Morgan fingerprint density at radius 2 is 1.33 bits per heavy atom. The van der Waals surface area contributed by atoms with Crippen molar-refractivity contribution in [1.29, 1.82) is 0 Å². The van der Waals surface area contributed by atoms with E-state index in [4.69, 9.17) is 4.74 Å². The zero-order chi connectivity index (χ0) is 21.1. The first-order valence-corrected chi connectivity index (χ1v) is 10.0. The molecule has 0 saturated heterocycles. The predicted molar refractivity (Wildman–Crippen MR) is 116 cm³/mol. The van der Waals surface area contributed by atoms with Crippen LogP contribution in [-0.4, -0.2) is 0 Å². The Kier molecular flexibility index (Phi) is 5.91. The fourth-order valence-corrected chi connectivity index (χ4v) is 3.44. The van der Waals surface area contributed by atoms with Crippen LogP contribution in [0.3, 0.4) is 0 Å². The van der Waals surface area contributed by atoms with Crippen LogP contribution in [0.2, 0.25) is 0 Å². The third-order valence-electron chi connectivity index (χ3n) is 4.73. The van der Waals surface area contributed by atoms with Gasteiger partial charge in [0.2, 0.25) is 0 Å². The van der Waals surface area contributed by atoms with Gasteiger partial charge in [-0.15, -0.1) is 0 Å². The zero-order valence-corrected chi connectivity index (χ0v) is 17.3. The van der Waals surface area contributed by atoms with Crippen LogP contribution in [0.25, 0.3) is 22.3 Å². The van der Waals surface area contributed by atoms with E-state index in [1.807, 2.05) is 30.3 Å². The minimum atomic E-state index is -1.02. The Balaban J connectivity index is 1.54. The summed E-state index contributed by atoms with van der Waals surface area (Å²) in [6.45, 7) is 0.443. The normalized spacial score (nSPS) is 10.8. The summed E-state index contributed by atoms with van der Waals surface area (Å²) < 4.78 is 48.5. The smallest absolute Gasteiger partial charge is 0.173 e. The molecule has 0 fully saturated rings. The maximum absolute atomic E-state index is 14.7. The molecule has 0 N–H and O–H groups in total. The number of ether oxygens (including phenoxy) is 1. The Bertz CT molecular complexity index is 1180. The fraction of sp³-hybridized carbons (Fsp3) is 0.0400. The number of hydrogen-bond donors (Lipinski definition) is 0. The second-order valence-corrected chi connectivity index (χ2v) is 7.57. The van der Waals surface area contributed by atoms with Crippen LogP contribution in [0.1, 0.15) is 5.56 Å². The summed E-state index contributed by atoms with van der Waals surface area (Å²) in [6.07, 6.45) is 0. The van der Waals surface area contributed by atoms with Gasteiger partial charge in [-0.05, 0) is 56.9 Å². The highest BCUT2D eigenvalue weighted by molar-refractivity contribution is 9.10. The van der Waals surface area contributed by atoms with Crippen LogP contribution < -0.4 is 4.74 Å². The van der Waals surface area contributed by atoms with Crippen LogP contribution in [0.4, 0.5) is 13.2 Å². The first kappa shape index (κ1) is 20.2. The SMILES string of the molecule is Fc1cc(-c2ccc(Br)c(F)c2F)ccc1-c1ccc(OCc2ccccc2)cc1. The van der Waals surface area contributed by atoms with Gasteiger partial charge in [0.1, 0.15) is 18.2 Å². The quantitative estimate of drug-likeness (QED) is 0.271. The molecule has 0 aliphatic rings.